The standard InChI is InChI=1S/C16H19NO3S/c1-3-9-20-14-7-5-12(6-8-14)16-17-13(11-21-16)10-15(18)19-4-2/h5-8,11H,3-4,9-10H2,1-2H3. The van der Waals surface area contributed by atoms with Gasteiger partial charge in [-0.1, -0.05) is 6.92 Å². The van der Waals surface area contributed by atoms with E-state index in [1.807, 2.05) is 29.6 Å². The van der Waals surface area contributed by atoms with Crippen LogP contribution in [0.2, 0.25) is 0 Å². The highest BCUT2D eigenvalue weighted by Crippen LogP contribution is 2.26. The van der Waals surface area contributed by atoms with Crippen molar-refractivity contribution in [2.75, 3.05) is 13.2 Å². The number of thiazole rings is 1. The lowest BCUT2D eigenvalue weighted by Crippen LogP contribution is -2.07. The summed E-state index contributed by atoms with van der Waals surface area (Å²) in [6.45, 7) is 5.00. The van der Waals surface area contributed by atoms with Crippen molar-refractivity contribution < 1.29 is 14.3 Å². The van der Waals surface area contributed by atoms with Crippen LogP contribution in [0, 0.1) is 0 Å². The smallest absolute Gasteiger partial charge is 0.311 e. The van der Waals surface area contributed by atoms with Gasteiger partial charge in [0.2, 0.25) is 0 Å². The summed E-state index contributed by atoms with van der Waals surface area (Å²) in [5.74, 6) is 0.626. The predicted octanol–water partition coefficient (Wildman–Crippen LogP) is 3.70. The minimum atomic E-state index is -0.238. The van der Waals surface area contributed by atoms with E-state index in [0.29, 0.717) is 6.61 Å². The van der Waals surface area contributed by atoms with Crippen molar-refractivity contribution >= 4 is 17.3 Å². The Balaban J connectivity index is 2.01. The van der Waals surface area contributed by atoms with Gasteiger partial charge in [0.05, 0.1) is 25.3 Å². The first kappa shape index (κ1) is 15.5. The van der Waals surface area contributed by atoms with Gasteiger partial charge in [-0.2, -0.15) is 0 Å². The minimum Gasteiger partial charge on any atom is -0.494 e. The number of benzene rings is 1. The molecule has 0 atom stereocenters. The van der Waals surface area contributed by atoms with Gasteiger partial charge in [-0.15, -0.1) is 11.3 Å². The summed E-state index contributed by atoms with van der Waals surface area (Å²) in [5.41, 5.74) is 1.78. The summed E-state index contributed by atoms with van der Waals surface area (Å²) in [7, 11) is 0. The molecule has 0 aliphatic heterocycles. The molecule has 0 aliphatic rings. The Morgan fingerprint density at radius 2 is 2.00 bits per heavy atom. The van der Waals surface area contributed by atoms with Crippen LogP contribution in [0.3, 0.4) is 0 Å². The minimum absolute atomic E-state index is 0.224. The van der Waals surface area contributed by atoms with Gasteiger partial charge in [0, 0.05) is 10.9 Å². The monoisotopic (exact) mass is 305 g/mol. The molecule has 4 nitrogen and oxygen atoms in total. The van der Waals surface area contributed by atoms with Crippen molar-refractivity contribution in [3.63, 3.8) is 0 Å². The highest BCUT2D eigenvalue weighted by Gasteiger charge is 2.09. The number of esters is 1. The van der Waals surface area contributed by atoms with E-state index in [1.165, 1.54) is 11.3 Å². The average Bonchev–Trinajstić information content (AvgIpc) is 2.94. The van der Waals surface area contributed by atoms with Crippen molar-refractivity contribution in [2.24, 2.45) is 0 Å². The van der Waals surface area contributed by atoms with Crippen molar-refractivity contribution in [3.8, 4) is 16.3 Å². The van der Waals surface area contributed by atoms with Crippen LogP contribution >= 0.6 is 11.3 Å². The number of carbonyl (C=O) groups excluding carboxylic acids is 1. The van der Waals surface area contributed by atoms with Crippen molar-refractivity contribution in [3.05, 3.63) is 35.3 Å². The fourth-order valence-electron chi connectivity index (χ4n) is 1.79. The molecule has 1 aromatic carbocycles. The highest BCUT2D eigenvalue weighted by molar-refractivity contribution is 7.13. The summed E-state index contributed by atoms with van der Waals surface area (Å²) in [6.07, 6.45) is 1.22. The van der Waals surface area contributed by atoms with Crippen molar-refractivity contribution in [1.29, 1.82) is 0 Å². The second-order valence-electron chi connectivity index (χ2n) is 4.50. The second kappa shape index (κ2) is 7.78. The summed E-state index contributed by atoms with van der Waals surface area (Å²) < 4.78 is 10.5. The molecule has 0 unspecified atom stereocenters. The number of hydrogen-bond acceptors (Lipinski definition) is 5. The van der Waals surface area contributed by atoms with Crippen LogP contribution < -0.4 is 4.74 Å². The molecule has 0 aliphatic carbocycles. The number of nitrogens with zero attached hydrogens (tertiary/aromatic N) is 1. The fraction of sp³-hybridized carbons (Fsp3) is 0.375. The summed E-state index contributed by atoms with van der Waals surface area (Å²) >= 11 is 1.53. The Labute approximate surface area is 128 Å². The third kappa shape index (κ3) is 4.56. The van der Waals surface area contributed by atoms with Gasteiger partial charge < -0.3 is 9.47 Å². The molecule has 2 aromatic rings. The average molecular weight is 305 g/mol. The van der Waals surface area contributed by atoms with E-state index in [9.17, 15) is 4.79 Å². The summed E-state index contributed by atoms with van der Waals surface area (Å²) in [6, 6.07) is 7.85. The maximum Gasteiger partial charge on any atom is 0.311 e. The van der Waals surface area contributed by atoms with Gasteiger partial charge in [-0.25, -0.2) is 4.98 Å². The largest absolute Gasteiger partial charge is 0.494 e. The molecule has 0 amide bonds. The molecule has 5 heteroatoms. The molecular formula is C16H19NO3S. The Morgan fingerprint density at radius 1 is 1.24 bits per heavy atom. The molecule has 0 radical (unpaired) electrons. The van der Waals surface area contributed by atoms with Gasteiger partial charge in [0.15, 0.2) is 0 Å². The third-order valence-corrected chi connectivity index (χ3v) is 3.70. The van der Waals surface area contributed by atoms with Crippen molar-refractivity contribution in [1.82, 2.24) is 4.98 Å². The van der Waals surface area contributed by atoms with Gasteiger partial charge in [-0.05, 0) is 37.6 Å². The first-order valence-corrected chi connectivity index (χ1v) is 7.94. The molecule has 0 fully saturated rings. The van der Waals surface area contributed by atoms with E-state index in [-0.39, 0.29) is 12.4 Å². The SMILES string of the molecule is CCCOc1ccc(-c2nc(CC(=O)OCC)cs2)cc1. The van der Waals surface area contributed by atoms with E-state index in [0.717, 1.165) is 35.0 Å². The summed E-state index contributed by atoms with van der Waals surface area (Å²) in [5, 5.41) is 2.80. The Hall–Kier alpha value is -1.88. The number of carbonyl (C=O) groups is 1. The molecule has 0 bridgehead atoms. The topological polar surface area (TPSA) is 48.4 Å². The fourth-order valence-corrected chi connectivity index (χ4v) is 2.62. The normalized spacial score (nSPS) is 10.4. The Morgan fingerprint density at radius 3 is 2.67 bits per heavy atom. The van der Waals surface area contributed by atoms with E-state index < -0.39 is 0 Å². The van der Waals surface area contributed by atoms with Gasteiger partial charge in [0.25, 0.3) is 0 Å². The van der Waals surface area contributed by atoms with Crippen molar-refractivity contribution in [2.45, 2.75) is 26.7 Å². The third-order valence-electron chi connectivity index (χ3n) is 2.76. The van der Waals surface area contributed by atoms with Gasteiger partial charge in [0.1, 0.15) is 10.8 Å². The molecule has 112 valence electrons. The quantitative estimate of drug-likeness (QED) is 0.732. The van der Waals surface area contributed by atoms with Gasteiger partial charge in [-0.3, -0.25) is 4.79 Å². The second-order valence-corrected chi connectivity index (χ2v) is 5.36. The van der Waals surface area contributed by atoms with E-state index in [4.69, 9.17) is 9.47 Å². The van der Waals surface area contributed by atoms with Crippen LogP contribution in [0.25, 0.3) is 10.6 Å². The van der Waals surface area contributed by atoms with Crippen LogP contribution in [0.15, 0.2) is 29.6 Å². The first-order chi connectivity index (χ1) is 10.2. The molecule has 2 rings (SSSR count). The molecule has 0 saturated heterocycles. The van der Waals surface area contributed by atoms with Crippen LogP contribution in [0.4, 0.5) is 0 Å². The summed E-state index contributed by atoms with van der Waals surface area (Å²) in [4.78, 5) is 15.9. The molecule has 21 heavy (non-hydrogen) atoms. The number of hydrogen-bond donors (Lipinski definition) is 0. The van der Waals surface area contributed by atoms with Crippen LogP contribution in [0.1, 0.15) is 26.0 Å². The lowest BCUT2D eigenvalue weighted by atomic mass is 10.2. The highest BCUT2D eigenvalue weighted by atomic mass is 32.1. The zero-order valence-electron chi connectivity index (χ0n) is 12.3. The lowest BCUT2D eigenvalue weighted by Gasteiger charge is -2.04. The van der Waals surface area contributed by atoms with Crippen LogP contribution in [-0.2, 0) is 16.0 Å². The predicted molar refractivity (Wildman–Crippen MR) is 83.7 cm³/mol. The van der Waals surface area contributed by atoms with E-state index in [1.54, 1.807) is 6.92 Å². The number of rotatable bonds is 7. The first-order valence-electron chi connectivity index (χ1n) is 7.06. The Kier molecular flexibility index (Phi) is 5.75. The lowest BCUT2D eigenvalue weighted by molar-refractivity contribution is -0.142. The number of ether oxygens (including phenoxy) is 2. The maximum absolute atomic E-state index is 11.4. The molecule has 0 saturated carbocycles. The van der Waals surface area contributed by atoms with E-state index in [2.05, 4.69) is 11.9 Å². The Bertz CT molecular complexity index is 577. The molecule has 1 aromatic heterocycles. The molecule has 1 heterocycles. The van der Waals surface area contributed by atoms with Crippen LogP contribution in [-0.4, -0.2) is 24.2 Å². The number of aromatic nitrogens is 1. The maximum atomic E-state index is 11.4. The molecular weight excluding hydrogens is 286 g/mol. The zero-order valence-corrected chi connectivity index (χ0v) is 13.1. The molecule has 0 N–H and O–H groups in total. The van der Waals surface area contributed by atoms with Crippen LogP contribution in [0.5, 0.6) is 5.75 Å². The van der Waals surface area contributed by atoms with Gasteiger partial charge >= 0.3 is 5.97 Å². The zero-order chi connectivity index (χ0) is 15.1. The van der Waals surface area contributed by atoms with E-state index >= 15 is 0 Å². The molecule has 0 spiro atoms.